The molecule has 0 radical (unpaired) electrons. The van der Waals surface area contributed by atoms with E-state index in [9.17, 15) is 4.79 Å². The van der Waals surface area contributed by atoms with Crippen LogP contribution in [-0.2, 0) is 4.79 Å². The highest BCUT2D eigenvalue weighted by molar-refractivity contribution is 8.18. The van der Waals surface area contributed by atoms with Crippen LogP contribution >= 0.6 is 35.0 Å². The van der Waals surface area contributed by atoms with Gasteiger partial charge in [0.05, 0.1) is 10.6 Å². The first-order valence-corrected chi connectivity index (χ1v) is 7.99. The average Bonchev–Trinajstić information content (AvgIpc) is 2.84. The number of nitrogens with zero attached hydrogens (tertiary/aromatic N) is 1. The van der Waals surface area contributed by atoms with Crippen molar-refractivity contribution in [2.75, 3.05) is 0 Å². The first-order valence-electron chi connectivity index (χ1n) is 6.42. The van der Waals surface area contributed by atoms with Crippen LogP contribution in [0.15, 0.2) is 58.4 Å². The van der Waals surface area contributed by atoms with Crippen molar-refractivity contribution in [1.29, 1.82) is 0 Å². The number of carbonyl (C=O) groups is 1. The highest BCUT2D eigenvalue weighted by Crippen LogP contribution is 2.32. The van der Waals surface area contributed by atoms with Crippen LogP contribution in [0.25, 0.3) is 6.08 Å². The number of rotatable bonds is 2. The summed E-state index contributed by atoms with van der Waals surface area (Å²) in [6.45, 7) is 0. The molecule has 6 heteroatoms. The molecule has 0 atom stereocenters. The van der Waals surface area contributed by atoms with E-state index in [1.165, 1.54) is 11.8 Å². The Morgan fingerprint density at radius 2 is 1.68 bits per heavy atom. The third-order valence-electron chi connectivity index (χ3n) is 2.91. The van der Waals surface area contributed by atoms with Crippen LogP contribution in [0.3, 0.4) is 0 Å². The fourth-order valence-corrected chi connectivity index (χ4v) is 3.21. The van der Waals surface area contributed by atoms with E-state index in [0.717, 1.165) is 5.69 Å². The summed E-state index contributed by atoms with van der Waals surface area (Å²) >= 11 is 13.5. The van der Waals surface area contributed by atoms with Crippen LogP contribution in [0.1, 0.15) is 5.56 Å². The van der Waals surface area contributed by atoms with E-state index >= 15 is 0 Å². The van der Waals surface area contributed by atoms with Gasteiger partial charge >= 0.3 is 0 Å². The van der Waals surface area contributed by atoms with Gasteiger partial charge in [-0.15, -0.1) is 0 Å². The molecule has 3 nitrogen and oxygen atoms in total. The molecule has 0 aliphatic carbocycles. The molecule has 110 valence electrons. The molecule has 0 saturated carbocycles. The smallest absolute Gasteiger partial charge is 0.264 e. The van der Waals surface area contributed by atoms with Crippen LogP contribution in [0.2, 0.25) is 10.0 Å². The van der Waals surface area contributed by atoms with Crippen LogP contribution in [0.4, 0.5) is 5.69 Å². The SMILES string of the molecule is O=C1NC(=Nc2ccccc2)S/C1=C/c1c(Cl)cccc1Cl. The predicted molar refractivity (Wildman–Crippen MR) is 93.7 cm³/mol. The maximum absolute atomic E-state index is 12.0. The zero-order valence-corrected chi connectivity index (χ0v) is 13.5. The van der Waals surface area contributed by atoms with E-state index in [2.05, 4.69) is 10.3 Å². The van der Waals surface area contributed by atoms with Crippen LogP contribution in [0, 0.1) is 0 Å². The maximum atomic E-state index is 12.0. The average molecular weight is 349 g/mol. The van der Waals surface area contributed by atoms with Gasteiger partial charge in [-0.1, -0.05) is 47.5 Å². The molecule has 2 aromatic rings. The second-order valence-corrected chi connectivity index (χ2v) is 6.30. The fraction of sp³-hybridized carbons (Fsp3) is 0. The van der Waals surface area contributed by atoms with Gasteiger partial charge in [-0.3, -0.25) is 4.79 Å². The second-order valence-electron chi connectivity index (χ2n) is 4.45. The number of aliphatic imine (C=N–C) groups is 1. The van der Waals surface area contributed by atoms with Crippen molar-refractivity contribution < 1.29 is 4.79 Å². The van der Waals surface area contributed by atoms with E-state index in [-0.39, 0.29) is 5.91 Å². The van der Waals surface area contributed by atoms with Gasteiger partial charge in [0.2, 0.25) is 0 Å². The van der Waals surface area contributed by atoms with E-state index in [0.29, 0.717) is 25.7 Å². The first kappa shape index (κ1) is 15.2. The summed E-state index contributed by atoms with van der Waals surface area (Å²) in [5, 5.41) is 4.27. The van der Waals surface area contributed by atoms with Crippen molar-refractivity contribution in [2.24, 2.45) is 4.99 Å². The Kier molecular flexibility index (Phi) is 4.52. The van der Waals surface area contributed by atoms with Gasteiger partial charge in [-0.05, 0) is 42.1 Å². The van der Waals surface area contributed by atoms with Crippen LogP contribution in [-0.4, -0.2) is 11.1 Å². The Morgan fingerprint density at radius 1 is 1.00 bits per heavy atom. The lowest BCUT2D eigenvalue weighted by molar-refractivity contribution is -0.115. The molecule has 1 aliphatic rings. The highest BCUT2D eigenvalue weighted by Gasteiger charge is 2.24. The van der Waals surface area contributed by atoms with Gasteiger partial charge in [0.25, 0.3) is 5.91 Å². The molecule has 0 aromatic heterocycles. The highest BCUT2D eigenvalue weighted by atomic mass is 35.5. The predicted octanol–water partition coefficient (Wildman–Crippen LogP) is 4.89. The summed E-state index contributed by atoms with van der Waals surface area (Å²) in [7, 11) is 0. The summed E-state index contributed by atoms with van der Waals surface area (Å²) in [5.74, 6) is -0.212. The van der Waals surface area contributed by atoms with E-state index < -0.39 is 0 Å². The van der Waals surface area contributed by atoms with Crippen molar-refractivity contribution in [1.82, 2.24) is 5.32 Å². The summed E-state index contributed by atoms with van der Waals surface area (Å²) in [5.41, 5.74) is 1.41. The van der Waals surface area contributed by atoms with E-state index in [4.69, 9.17) is 23.2 Å². The largest absolute Gasteiger partial charge is 0.300 e. The van der Waals surface area contributed by atoms with Gasteiger partial charge < -0.3 is 5.32 Å². The van der Waals surface area contributed by atoms with Crippen molar-refractivity contribution in [3.63, 3.8) is 0 Å². The number of amidine groups is 1. The van der Waals surface area contributed by atoms with Crippen molar-refractivity contribution >= 4 is 57.8 Å². The summed E-state index contributed by atoms with van der Waals surface area (Å²) in [6, 6.07) is 14.7. The molecule has 0 bridgehead atoms. The number of hydrogen-bond donors (Lipinski definition) is 1. The summed E-state index contributed by atoms with van der Waals surface area (Å²) in [6.07, 6.45) is 1.68. The molecular weight excluding hydrogens is 339 g/mol. The van der Waals surface area contributed by atoms with Crippen molar-refractivity contribution in [2.45, 2.75) is 0 Å². The van der Waals surface area contributed by atoms with Gasteiger partial charge in [0.15, 0.2) is 5.17 Å². The molecule has 1 aliphatic heterocycles. The maximum Gasteiger partial charge on any atom is 0.264 e. The number of para-hydroxylation sites is 1. The third-order valence-corrected chi connectivity index (χ3v) is 4.48. The van der Waals surface area contributed by atoms with Crippen LogP contribution < -0.4 is 5.32 Å². The van der Waals surface area contributed by atoms with Crippen molar-refractivity contribution in [3.8, 4) is 0 Å². The Balaban J connectivity index is 1.90. The van der Waals surface area contributed by atoms with Crippen molar-refractivity contribution in [3.05, 3.63) is 69.0 Å². The number of nitrogens with one attached hydrogen (secondary N) is 1. The minimum absolute atomic E-state index is 0.212. The molecule has 0 unspecified atom stereocenters. The molecule has 0 spiro atoms. The molecule has 1 fully saturated rings. The number of carbonyl (C=O) groups excluding carboxylic acids is 1. The molecular formula is C16H10Cl2N2OS. The quantitative estimate of drug-likeness (QED) is 0.785. The standard InChI is InChI=1S/C16H10Cl2N2OS/c17-12-7-4-8-13(18)11(12)9-14-15(21)20-16(22-14)19-10-5-2-1-3-6-10/h1-9H,(H,19,20,21)/b14-9+. The number of hydrogen-bond acceptors (Lipinski definition) is 3. The lowest BCUT2D eigenvalue weighted by atomic mass is 10.2. The molecule has 22 heavy (non-hydrogen) atoms. The van der Waals surface area contributed by atoms with Gasteiger partial charge in [-0.25, -0.2) is 4.99 Å². The fourth-order valence-electron chi connectivity index (χ4n) is 1.88. The van der Waals surface area contributed by atoms with Gasteiger partial charge in [0.1, 0.15) is 0 Å². The number of benzene rings is 2. The Bertz CT molecular complexity index is 768. The topological polar surface area (TPSA) is 41.5 Å². The summed E-state index contributed by atoms with van der Waals surface area (Å²) < 4.78 is 0. The number of amides is 1. The molecule has 1 heterocycles. The normalized spacial score (nSPS) is 18.0. The molecule has 1 N–H and O–H groups in total. The third kappa shape index (κ3) is 3.35. The van der Waals surface area contributed by atoms with Crippen LogP contribution in [0.5, 0.6) is 0 Å². The van der Waals surface area contributed by atoms with E-state index in [1.54, 1.807) is 24.3 Å². The molecule has 1 saturated heterocycles. The van der Waals surface area contributed by atoms with E-state index in [1.807, 2.05) is 30.3 Å². The Morgan fingerprint density at radius 3 is 2.36 bits per heavy atom. The Hall–Kier alpha value is -1.75. The first-order chi connectivity index (χ1) is 10.6. The second kappa shape index (κ2) is 6.57. The molecule has 1 amide bonds. The zero-order valence-electron chi connectivity index (χ0n) is 11.2. The van der Waals surface area contributed by atoms with Gasteiger partial charge in [0, 0.05) is 15.6 Å². The molecule has 3 rings (SSSR count). The monoisotopic (exact) mass is 348 g/mol. The summed E-state index contributed by atoms with van der Waals surface area (Å²) in [4.78, 5) is 16.9. The lowest BCUT2D eigenvalue weighted by Crippen LogP contribution is -2.19. The van der Waals surface area contributed by atoms with Gasteiger partial charge in [-0.2, -0.15) is 0 Å². The number of thioether (sulfide) groups is 1. The number of halogens is 2. The lowest BCUT2D eigenvalue weighted by Gasteiger charge is -2.01. The minimum Gasteiger partial charge on any atom is -0.300 e. The molecule has 2 aromatic carbocycles. The minimum atomic E-state index is -0.212. The zero-order chi connectivity index (χ0) is 15.5. The Labute approximate surface area is 142 Å².